The number of hydrogen-bond donors (Lipinski definition) is 1. The van der Waals surface area contributed by atoms with Crippen molar-refractivity contribution in [3.63, 3.8) is 0 Å². The lowest BCUT2D eigenvalue weighted by molar-refractivity contribution is 0.0487. The molecule has 1 fully saturated rings. The molecule has 0 bridgehead atoms. The second kappa shape index (κ2) is 5.18. The monoisotopic (exact) mass is 250 g/mol. The van der Waals surface area contributed by atoms with Gasteiger partial charge in [0, 0.05) is 5.56 Å². The second-order valence-corrected chi connectivity index (χ2v) is 5.06. The number of rotatable bonds is 6. The van der Waals surface area contributed by atoms with Crippen molar-refractivity contribution < 1.29 is 19.4 Å². The Hall–Kier alpha value is -1.23. The van der Waals surface area contributed by atoms with Gasteiger partial charge in [0.1, 0.15) is 11.7 Å². The van der Waals surface area contributed by atoms with Crippen molar-refractivity contribution >= 4 is 5.78 Å². The fourth-order valence-corrected chi connectivity index (χ4v) is 1.63. The molecule has 1 aromatic carbocycles. The van der Waals surface area contributed by atoms with Crippen molar-refractivity contribution in [2.24, 2.45) is 0 Å². The SMILES string of the molecule is CC(C)(O)C(=O)c1cccc(COCC2CO2)c1. The Labute approximate surface area is 107 Å². The van der Waals surface area contributed by atoms with Crippen LogP contribution in [0, 0.1) is 0 Å². The van der Waals surface area contributed by atoms with Gasteiger partial charge < -0.3 is 14.6 Å². The summed E-state index contributed by atoms with van der Waals surface area (Å²) in [6.07, 6.45) is 0.242. The zero-order valence-electron chi connectivity index (χ0n) is 10.7. The molecule has 1 saturated heterocycles. The van der Waals surface area contributed by atoms with Crippen molar-refractivity contribution in [1.82, 2.24) is 0 Å². The summed E-state index contributed by atoms with van der Waals surface area (Å²) in [7, 11) is 0. The highest BCUT2D eigenvalue weighted by molar-refractivity contribution is 6.01. The van der Waals surface area contributed by atoms with Crippen molar-refractivity contribution in [3.05, 3.63) is 35.4 Å². The van der Waals surface area contributed by atoms with Crippen LogP contribution >= 0.6 is 0 Å². The van der Waals surface area contributed by atoms with Gasteiger partial charge in [-0.25, -0.2) is 0 Å². The first kappa shape index (κ1) is 13.2. The molecule has 0 amide bonds. The van der Waals surface area contributed by atoms with Crippen LogP contribution in [0.25, 0.3) is 0 Å². The van der Waals surface area contributed by atoms with Crippen molar-refractivity contribution in [2.75, 3.05) is 13.2 Å². The van der Waals surface area contributed by atoms with E-state index >= 15 is 0 Å². The van der Waals surface area contributed by atoms with E-state index in [2.05, 4.69) is 0 Å². The van der Waals surface area contributed by atoms with Gasteiger partial charge in [0.05, 0.1) is 19.8 Å². The van der Waals surface area contributed by atoms with Crippen LogP contribution in [0.1, 0.15) is 29.8 Å². The molecule has 0 radical (unpaired) electrons. The van der Waals surface area contributed by atoms with Crippen molar-refractivity contribution in [1.29, 1.82) is 0 Å². The van der Waals surface area contributed by atoms with Crippen LogP contribution < -0.4 is 0 Å². The third-order valence-corrected chi connectivity index (χ3v) is 2.72. The van der Waals surface area contributed by atoms with E-state index in [1.54, 1.807) is 18.2 Å². The minimum atomic E-state index is -1.35. The van der Waals surface area contributed by atoms with Gasteiger partial charge in [0.2, 0.25) is 0 Å². The Balaban J connectivity index is 1.97. The third-order valence-electron chi connectivity index (χ3n) is 2.72. The average molecular weight is 250 g/mol. The Kier molecular flexibility index (Phi) is 3.80. The molecular weight excluding hydrogens is 232 g/mol. The van der Waals surface area contributed by atoms with E-state index < -0.39 is 5.60 Å². The molecule has 4 nitrogen and oxygen atoms in total. The van der Waals surface area contributed by atoms with Crippen LogP contribution in [0.2, 0.25) is 0 Å². The Bertz CT molecular complexity index is 430. The van der Waals surface area contributed by atoms with Crippen LogP contribution in [-0.4, -0.2) is 35.8 Å². The zero-order valence-corrected chi connectivity index (χ0v) is 10.7. The minimum absolute atomic E-state index is 0.242. The number of carbonyl (C=O) groups excluding carboxylic acids is 1. The van der Waals surface area contributed by atoms with Gasteiger partial charge in [-0.1, -0.05) is 18.2 Å². The van der Waals surface area contributed by atoms with Gasteiger partial charge in [0.15, 0.2) is 5.78 Å². The zero-order chi connectivity index (χ0) is 13.2. The highest BCUT2D eigenvalue weighted by atomic mass is 16.6. The molecule has 1 N–H and O–H groups in total. The van der Waals surface area contributed by atoms with E-state index in [4.69, 9.17) is 9.47 Å². The summed E-state index contributed by atoms with van der Waals surface area (Å²) in [5, 5.41) is 9.69. The van der Waals surface area contributed by atoms with E-state index in [-0.39, 0.29) is 11.9 Å². The summed E-state index contributed by atoms with van der Waals surface area (Å²) in [5.74, 6) is -0.283. The van der Waals surface area contributed by atoms with Crippen LogP contribution in [0.15, 0.2) is 24.3 Å². The summed E-state index contributed by atoms with van der Waals surface area (Å²) < 4.78 is 10.5. The molecule has 2 rings (SSSR count). The molecule has 0 saturated carbocycles. The summed E-state index contributed by atoms with van der Waals surface area (Å²) in [5.41, 5.74) is 0.0819. The standard InChI is InChI=1S/C14H18O4/c1-14(2,16)13(15)11-5-3-4-10(6-11)7-17-8-12-9-18-12/h3-6,12,16H,7-9H2,1-2H3. The highest BCUT2D eigenvalue weighted by Gasteiger charge is 2.25. The summed E-state index contributed by atoms with van der Waals surface area (Å²) in [6, 6.07) is 7.15. The first-order valence-corrected chi connectivity index (χ1v) is 6.02. The number of ketones is 1. The normalized spacial score (nSPS) is 18.7. The fourth-order valence-electron chi connectivity index (χ4n) is 1.63. The molecular formula is C14H18O4. The van der Waals surface area contributed by atoms with Gasteiger partial charge in [0.25, 0.3) is 0 Å². The number of carbonyl (C=O) groups is 1. The summed E-state index contributed by atoms with van der Waals surface area (Å²) in [6.45, 7) is 4.79. The number of hydrogen-bond acceptors (Lipinski definition) is 4. The van der Waals surface area contributed by atoms with Gasteiger partial charge in [-0.3, -0.25) is 4.79 Å². The molecule has 1 atom stereocenters. The van der Waals surface area contributed by atoms with Crippen molar-refractivity contribution in [2.45, 2.75) is 32.2 Å². The van der Waals surface area contributed by atoms with Gasteiger partial charge in [-0.2, -0.15) is 0 Å². The second-order valence-electron chi connectivity index (χ2n) is 5.06. The highest BCUT2D eigenvalue weighted by Crippen LogP contribution is 2.15. The van der Waals surface area contributed by atoms with Gasteiger partial charge in [-0.15, -0.1) is 0 Å². The molecule has 0 spiro atoms. The molecule has 0 aliphatic carbocycles. The smallest absolute Gasteiger partial charge is 0.193 e. The Morgan fingerprint density at radius 1 is 1.56 bits per heavy atom. The Morgan fingerprint density at radius 3 is 2.89 bits per heavy atom. The number of epoxide rings is 1. The fraction of sp³-hybridized carbons (Fsp3) is 0.500. The van der Waals surface area contributed by atoms with Crippen molar-refractivity contribution in [3.8, 4) is 0 Å². The molecule has 1 unspecified atom stereocenters. The average Bonchev–Trinajstić information content (AvgIpc) is 3.11. The predicted molar refractivity (Wildman–Crippen MR) is 66.5 cm³/mol. The van der Waals surface area contributed by atoms with Crippen LogP contribution in [0.4, 0.5) is 0 Å². The maximum Gasteiger partial charge on any atom is 0.193 e. The van der Waals surface area contributed by atoms with Crippen LogP contribution in [0.5, 0.6) is 0 Å². The molecule has 98 valence electrons. The van der Waals surface area contributed by atoms with Crippen LogP contribution in [-0.2, 0) is 16.1 Å². The first-order chi connectivity index (χ1) is 8.47. The first-order valence-electron chi connectivity index (χ1n) is 6.02. The van der Waals surface area contributed by atoms with E-state index in [0.29, 0.717) is 18.8 Å². The van der Waals surface area contributed by atoms with E-state index in [1.165, 1.54) is 13.8 Å². The predicted octanol–water partition coefficient (Wildman–Crippen LogP) is 1.56. The molecule has 0 aromatic heterocycles. The van der Waals surface area contributed by atoms with E-state index in [0.717, 1.165) is 12.2 Å². The Morgan fingerprint density at radius 2 is 2.28 bits per heavy atom. The quantitative estimate of drug-likeness (QED) is 0.615. The molecule has 1 aliphatic heterocycles. The molecule has 18 heavy (non-hydrogen) atoms. The number of benzene rings is 1. The molecule has 4 heteroatoms. The summed E-state index contributed by atoms with van der Waals surface area (Å²) >= 11 is 0. The topological polar surface area (TPSA) is 59.1 Å². The lowest BCUT2D eigenvalue weighted by atomic mass is 9.96. The minimum Gasteiger partial charge on any atom is -0.382 e. The molecule has 1 aliphatic rings. The van der Waals surface area contributed by atoms with Crippen LogP contribution in [0.3, 0.4) is 0 Å². The maximum absolute atomic E-state index is 11.9. The van der Waals surface area contributed by atoms with E-state index in [1.807, 2.05) is 6.07 Å². The number of ether oxygens (including phenoxy) is 2. The van der Waals surface area contributed by atoms with Gasteiger partial charge >= 0.3 is 0 Å². The lowest BCUT2D eigenvalue weighted by Crippen LogP contribution is -2.31. The third kappa shape index (κ3) is 3.63. The molecule has 1 aromatic rings. The summed E-state index contributed by atoms with van der Waals surface area (Å²) in [4.78, 5) is 11.9. The lowest BCUT2D eigenvalue weighted by Gasteiger charge is -2.15. The van der Waals surface area contributed by atoms with E-state index in [9.17, 15) is 9.90 Å². The maximum atomic E-state index is 11.9. The largest absolute Gasteiger partial charge is 0.382 e. The number of aliphatic hydroxyl groups is 1. The van der Waals surface area contributed by atoms with Gasteiger partial charge in [-0.05, 0) is 25.5 Å². The molecule has 1 heterocycles. The number of Topliss-reactive ketones (excluding diaryl/α,β-unsaturated/α-hetero) is 1.